The molecule has 1 aromatic heterocycles. The summed E-state index contributed by atoms with van der Waals surface area (Å²) in [6.07, 6.45) is 3.82. The fourth-order valence-corrected chi connectivity index (χ4v) is 6.13. The van der Waals surface area contributed by atoms with E-state index in [-0.39, 0.29) is 29.9 Å². The second kappa shape index (κ2) is 15.7. The lowest BCUT2D eigenvalue weighted by molar-refractivity contribution is -0.151. The molecule has 0 bridgehead atoms. The van der Waals surface area contributed by atoms with E-state index in [2.05, 4.69) is 15.2 Å². The van der Waals surface area contributed by atoms with Gasteiger partial charge >= 0.3 is 12.1 Å². The topological polar surface area (TPSA) is 119 Å². The monoisotopic (exact) mass is 663 g/mol. The van der Waals surface area contributed by atoms with E-state index in [9.17, 15) is 14.7 Å². The highest BCUT2D eigenvalue weighted by Gasteiger charge is 2.29. The van der Waals surface area contributed by atoms with E-state index in [1.807, 2.05) is 70.3 Å². The number of aliphatic hydroxyl groups excluding tert-OH is 1. The van der Waals surface area contributed by atoms with Gasteiger partial charge in [-0.25, -0.2) is 13.9 Å². The fraction of sp³-hybridized carbons (Fsp3) is 0.500. The molecule has 11 nitrogen and oxygen atoms in total. The Bertz CT molecular complexity index is 1630. The first kappa shape index (κ1) is 35.0. The summed E-state index contributed by atoms with van der Waals surface area (Å²) in [4.78, 5) is 29.9. The summed E-state index contributed by atoms with van der Waals surface area (Å²) >= 11 is 0. The quantitative estimate of drug-likeness (QED) is 0.285. The van der Waals surface area contributed by atoms with Gasteiger partial charge in [-0.15, -0.1) is 5.10 Å². The van der Waals surface area contributed by atoms with Crippen LogP contribution in [-0.4, -0.2) is 101 Å². The minimum Gasteiger partial charge on any atom is -0.497 e. The van der Waals surface area contributed by atoms with Crippen LogP contribution in [0.3, 0.4) is 0 Å². The predicted molar refractivity (Wildman–Crippen MR) is 180 cm³/mol. The molecule has 12 heteroatoms. The van der Waals surface area contributed by atoms with E-state index in [1.165, 1.54) is 6.07 Å². The number of esters is 1. The van der Waals surface area contributed by atoms with Crippen LogP contribution in [0.5, 0.6) is 5.75 Å². The highest BCUT2D eigenvalue weighted by molar-refractivity contribution is 5.79. The fourth-order valence-electron chi connectivity index (χ4n) is 6.13. The lowest BCUT2D eigenvalue weighted by Gasteiger charge is -2.33. The van der Waals surface area contributed by atoms with Crippen LogP contribution < -0.4 is 4.74 Å². The predicted octanol–water partition coefficient (Wildman–Crippen LogP) is 5.07. The zero-order valence-electron chi connectivity index (χ0n) is 28.3. The Kier molecular flexibility index (Phi) is 11.5. The van der Waals surface area contributed by atoms with Crippen LogP contribution in [0.2, 0.25) is 0 Å². The van der Waals surface area contributed by atoms with E-state index < -0.39 is 30.1 Å². The average molecular weight is 664 g/mol. The first-order chi connectivity index (χ1) is 23.0. The number of fused-ring (bicyclic) bond motifs is 1. The summed E-state index contributed by atoms with van der Waals surface area (Å²) in [6, 6.07) is 10.7. The summed E-state index contributed by atoms with van der Waals surface area (Å²) in [6.45, 7) is 8.87. The number of nitrogens with zero attached hydrogens (tertiary/aromatic N) is 5. The molecule has 1 fully saturated rings. The van der Waals surface area contributed by atoms with Crippen LogP contribution in [0.25, 0.3) is 17.1 Å². The van der Waals surface area contributed by atoms with Gasteiger partial charge in [-0.05, 0) is 79.8 Å². The number of likely N-dealkylation sites (N-methyl/N-ethyl adjacent to an activating group) is 1. The van der Waals surface area contributed by atoms with Gasteiger partial charge in [-0.1, -0.05) is 43.3 Å². The maximum absolute atomic E-state index is 15.3. The molecule has 0 aliphatic carbocycles. The molecule has 2 aliphatic rings. The molecule has 5 rings (SSSR count). The molecule has 0 spiro atoms. The maximum atomic E-state index is 15.3. The number of halogens is 1. The third kappa shape index (κ3) is 8.78. The minimum absolute atomic E-state index is 0.0869. The van der Waals surface area contributed by atoms with E-state index in [0.29, 0.717) is 49.1 Å². The second-order valence-electron chi connectivity index (χ2n) is 13.1. The molecule has 1 saturated heterocycles. The molecule has 0 saturated carbocycles. The van der Waals surface area contributed by atoms with Crippen molar-refractivity contribution in [2.45, 2.75) is 64.9 Å². The van der Waals surface area contributed by atoms with Crippen molar-refractivity contribution >= 4 is 29.2 Å². The largest absolute Gasteiger partial charge is 0.497 e. The van der Waals surface area contributed by atoms with Gasteiger partial charge in [-0.2, -0.15) is 0 Å². The van der Waals surface area contributed by atoms with E-state index in [4.69, 9.17) is 14.2 Å². The lowest BCUT2D eigenvalue weighted by Crippen LogP contribution is -2.48. The Balaban J connectivity index is 1.39. The number of ether oxygens (including phenoxy) is 3. The smallest absolute Gasteiger partial charge is 0.410 e. The van der Waals surface area contributed by atoms with Gasteiger partial charge in [0.1, 0.15) is 23.5 Å². The molecule has 3 aromatic rings. The molecular formula is C36H46FN5O6. The highest BCUT2D eigenvalue weighted by Crippen LogP contribution is 2.27. The summed E-state index contributed by atoms with van der Waals surface area (Å²) in [5, 5.41) is 18.9. The maximum Gasteiger partial charge on any atom is 0.410 e. The molecule has 48 heavy (non-hydrogen) atoms. The number of carbonyl (C=O) groups excluding carboxylic acids is 2. The average Bonchev–Trinajstić information content (AvgIpc) is 3.47. The van der Waals surface area contributed by atoms with Gasteiger partial charge in [0.25, 0.3) is 0 Å². The molecule has 258 valence electrons. The van der Waals surface area contributed by atoms with Gasteiger partial charge in [0.15, 0.2) is 5.82 Å². The van der Waals surface area contributed by atoms with Crippen LogP contribution in [-0.2, 0) is 20.8 Å². The first-order valence-corrected chi connectivity index (χ1v) is 16.5. The number of carbonyl (C=O) groups is 2. The number of benzene rings is 2. The van der Waals surface area contributed by atoms with Gasteiger partial charge in [0.05, 0.1) is 31.7 Å². The lowest BCUT2D eigenvalue weighted by atomic mass is 9.91. The Labute approximate surface area is 280 Å². The zero-order chi connectivity index (χ0) is 34.4. The van der Waals surface area contributed by atoms with E-state index >= 15 is 4.39 Å². The van der Waals surface area contributed by atoms with Crippen molar-refractivity contribution < 1.29 is 33.3 Å². The van der Waals surface area contributed by atoms with E-state index in [1.54, 1.807) is 22.8 Å². The minimum atomic E-state index is -0.896. The standard InChI is InChI=1S/C36H46FN5O6/c1-23-6-10-28(43)21-33(44)48-35(24(2)7-13-32(23)47-36(45)41-16-14-40(4)15-17-41)25(3)18-27-19-30(37)34-31(20-27)42(39-38-34)22-26-8-11-29(46-5)12-9-26/h7-9,11-13,18-20,23-24,28,32,35,43H,6,10,14-17,21-22H2,1-5H3/b13-7+,25-18+/t23-,24-,28+,32-,35-/m0/s1. The zero-order valence-corrected chi connectivity index (χ0v) is 28.3. The number of hydrogen-bond donors (Lipinski definition) is 1. The van der Waals surface area contributed by atoms with Gasteiger partial charge < -0.3 is 29.1 Å². The Morgan fingerprint density at radius 1 is 1.10 bits per heavy atom. The number of cyclic esters (lactones) is 1. The molecule has 1 N–H and O–H groups in total. The molecular weight excluding hydrogens is 617 g/mol. The number of hydrogen-bond acceptors (Lipinski definition) is 9. The van der Waals surface area contributed by atoms with Crippen molar-refractivity contribution in [3.63, 3.8) is 0 Å². The summed E-state index contributed by atoms with van der Waals surface area (Å²) in [5.74, 6) is -0.710. The summed E-state index contributed by atoms with van der Waals surface area (Å²) in [7, 11) is 3.63. The first-order valence-electron chi connectivity index (χ1n) is 16.5. The molecule has 0 radical (unpaired) electrons. The Morgan fingerprint density at radius 2 is 1.83 bits per heavy atom. The molecule has 5 atom stereocenters. The normalized spacial score (nSPS) is 25.6. The van der Waals surface area contributed by atoms with Gasteiger partial charge in [0.2, 0.25) is 0 Å². The third-order valence-electron chi connectivity index (χ3n) is 9.19. The molecule has 1 amide bonds. The Morgan fingerprint density at radius 3 is 2.54 bits per heavy atom. The van der Waals surface area contributed by atoms with Crippen LogP contribution in [0.1, 0.15) is 51.2 Å². The van der Waals surface area contributed by atoms with Crippen molar-refractivity contribution in [2.75, 3.05) is 40.3 Å². The summed E-state index contributed by atoms with van der Waals surface area (Å²) in [5.41, 5.74) is 2.87. The van der Waals surface area contributed by atoms with Gasteiger partial charge in [0, 0.05) is 32.1 Å². The van der Waals surface area contributed by atoms with Crippen LogP contribution in [0, 0.1) is 17.7 Å². The molecule has 2 aliphatic heterocycles. The van der Waals surface area contributed by atoms with Crippen LogP contribution in [0.4, 0.5) is 9.18 Å². The van der Waals surface area contributed by atoms with Crippen molar-refractivity contribution in [1.29, 1.82) is 0 Å². The number of aromatic nitrogens is 3. The van der Waals surface area contributed by atoms with Crippen LogP contribution in [0.15, 0.2) is 54.1 Å². The second-order valence-corrected chi connectivity index (χ2v) is 13.1. The van der Waals surface area contributed by atoms with Gasteiger partial charge in [-0.3, -0.25) is 4.79 Å². The number of amides is 1. The number of methoxy groups -OCH3 is 1. The highest BCUT2D eigenvalue weighted by atomic mass is 19.1. The van der Waals surface area contributed by atoms with Crippen molar-refractivity contribution in [3.8, 4) is 5.75 Å². The third-order valence-corrected chi connectivity index (χ3v) is 9.19. The van der Waals surface area contributed by atoms with Crippen molar-refractivity contribution in [2.24, 2.45) is 11.8 Å². The molecule has 0 unspecified atom stereocenters. The number of piperazine rings is 1. The van der Waals surface area contributed by atoms with Crippen molar-refractivity contribution in [3.05, 3.63) is 71.1 Å². The summed E-state index contributed by atoms with van der Waals surface area (Å²) < 4.78 is 34.1. The Hall–Kier alpha value is -4.29. The molecule has 2 aromatic carbocycles. The number of aliphatic hydroxyl groups is 1. The SMILES string of the molecule is COc1ccc(Cn2nnc3c(F)cc(/C=C(\C)[C@H]4OC(=O)C[C@H](O)CC[C@H](C)[C@@H](OC(=O)N5CCN(C)CC5)/C=C/[C@@H]4C)cc32)cc1. The van der Waals surface area contributed by atoms with Crippen molar-refractivity contribution in [1.82, 2.24) is 24.8 Å². The van der Waals surface area contributed by atoms with Crippen LogP contribution >= 0.6 is 0 Å². The molecule has 3 heterocycles. The van der Waals surface area contributed by atoms with E-state index in [0.717, 1.165) is 24.4 Å². The number of rotatable bonds is 6.